The van der Waals surface area contributed by atoms with E-state index < -0.39 is 10.8 Å². The Hall–Kier alpha value is -1.54. The SMILES string of the molecule is CCCCCCCC#CCOC(=O)C(C)(C)CCCCCC(O)CCCCCC(C)(C)C(=O)OCCCC(CCCCC)CCCCC. The maximum atomic E-state index is 12.8. The van der Waals surface area contributed by atoms with Crippen molar-refractivity contribution >= 4 is 11.9 Å². The number of esters is 2. The molecule has 0 aliphatic rings. The molecule has 0 aromatic rings. The van der Waals surface area contributed by atoms with Gasteiger partial charge in [0.05, 0.1) is 23.5 Å². The zero-order valence-electron chi connectivity index (χ0n) is 33.0. The lowest BCUT2D eigenvalue weighted by atomic mass is 9.86. The Morgan fingerprint density at radius 1 is 0.542 bits per heavy atom. The Bertz CT molecular complexity index is 826. The van der Waals surface area contributed by atoms with Gasteiger partial charge < -0.3 is 14.6 Å². The summed E-state index contributed by atoms with van der Waals surface area (Å²) in [6.45, 7) is 15.4. The summed E-state index contributed by atoms with van der Waals surface area (Å²) in [7, 11) is 0. The van der Waals surface area contributed by atoms with Crippen LogP contribution in [0.1, 0.15) is 215 Å². The summed E-state index contributed by atoms with van der Waals surface area (Å²) >= 11 is 0. The van der Waals surface area contributed by atoms with Crippen LogP contribution in [0.25, 0.3) is 0 Å². The quantitative estimate of drug-likeness (QED) is 0.0436. The van der Waals surface area contributed by atoms with Crippen LogP contribution in [0, 0.1) is 28.6 Å². The van der Waals surface area contributed by atoms with E-state index in [9.17, 15) is 14.7 Å². The molecule has 48 heavy (non-hydrogen) atoms. The molecule has 0 heterocycles. The predicted octanol–water partition coefficient (Wildman–Crippen LogP) is 12.3. The van der Waals surface area contributed by atoms with E-state index in [0.29, 0.717) is 6.61 Å². The number of rotatable bonds is 32. The Kier molecular flexibility index (Phi) is 29.3. The van der Waals surface area contributed by atoms with Crippen molar-refractivity contribution in [1.82, 2.24) is 0 Å². The average molecular weight is 677 g/mol. The molecule has 0 aromatic carbocycles. The average Bonchev–Trinajstić information content (AvgIpc) is 3.05. The number of aliphatic hydroxyl groups is 1. The summed E-state index contributed by atoms with van der Waals surface area (Å²) in [6.07, 6.45) is 28.5. The third-order valence-corrected chi connectivity index (χ3v) is 10.0. The molecule has 5 nitrogen and oxygen atoms in total. The third kappa shape index (κ3) is 26.3. The fourth-order valence-corrected chi connectivity index (χ4v) is 6.38. The van der Waals surface area contributed by atoms with E-state index in [2.05, 4.69) is 32.6 Å². The summed E-state index contributed by atoms with van der Waals surface area (Å²) in [5.74, 6) is 6.65. The van der Waals surface area contributed by atoms with E-state index >= 15 is 0 Å². The van der Waals surface area contributed by atoms with Gasteiger partial charge in [-0.3, -0.25) is 9.59 Å². The van der Waals surface area contributed by atoms with Gasteiger partial charge in [0.2, 0.25) is 0 Å². The molecule has 1 N–H and O–H groups in total. The van der Waals surface area contributed by atoms with Gasteiger partial charge in [-0.2, -0.15) is 0 Å². The van der Waals surface area contributed by atoms with Crippen LogP contribution in [0.5, 0.6) is 0 Å². The highest BCUT2D eigenvalue weighted by Crippen LogP contribution is 2.28. The van der Waals surface area contributed by atoms with Crippen LogP contribution in [0.2, 0.25) is 0 Å². The fraction of sp³-hybridized carbons (Fsp3) is 0.907. The lowest BCUT2D eigenvalue weighted by Gasteiger charge is -2.23. The van der Waals surface area contributed by atoms with E-state index in [1.165, 1.54) is 83.5 Å². The van der Waals surface area contributed by atoms with Gasteiger partial charge >= 0.3 is 11.9 Å². The van der Waals surface area contributed by atoms with Gasteiger partial charge in [0.15, 0.2) is 6.61 Å². The van der Waals surface area contributed by atoms with Gasteiger partial charge in [-0.05, 0) is 78.6 Å². The number of hydrogen-bond acceptors (Lipinski definition) is 5. The highest BCUT2D eigenvalue weighted by atomic mass is 16.5. The predicted molar refractivity (Wildman–Crippen MR) is 204 cm³/mol. The molecule has 1 atom stereocenters. The number of ether oxygens (including phenoxy) is 2. The molecule has 0 aromatic heterocycles. The lowest BCUT2D eigenvalue weighted by molar-refractivity contribution is -0.154. The van der Waals surface area contributed by atoms with Gasteiger partial charge in [-0.25, -0.2) is 0 Å². The minimum absolute atomic E-state index is 0.0651. The van der Waals surface area contributed by atoms with Gasteiger partial charge in [-0.1, -0.05) is 148 Å². The summed E-state index contributed by atoms with van der Waals surface area (Å²) in [6, 6.07) is 0. The summed E-state index contributed by atoms with van der Waals surface area (Å²) in [5, 5.41) is 10.5. The van der Waals surface area contributed by atoms with Crippen LogP contribution in [-0.4, -0.2) is 36.4 Å². The molecule has 0 amide bonds. The molecule has 0 rings (SSSR count). The Morgan fingerprint density at radius 2 is 0.979 bits per heavy atom. The lowest BCUT2D eigenvalue weighted by Crippen LogP contribution is -2.27. The highest BCUT2D eigenvalue weighted by molar-refractivity contribution is 5.76. The van der Waals surface area contributed by atoms with Gasteiger partial charge in [0.1, 0.15) is 0 Å². The maximum Gasteiger partial charge on any atom is 0.312 e. The van der Waals surface area contributed by atoms with E-state index in [-0.39, 0.29) is 24.6 Å². The van der Waals surface area contributed by atoms with Crippen LogP contribution in [0.3, 0.4) is 0 Å². The van der Waals surface area contributed by atoms with E-state index in [0.717, 1.165) is 89.4 Å². The van der Waals surface area contributed by atoms with Gasteiger partial charge in [-0.15, -0.1) is 0 Å². The van der Waals surface area contributed by atoms with Crippen molar-refractivity contribution in [2.24, 2.45) is 16.7 Å². The smallest absolute Gasteiger partial charge is 0.312 e. The molecular formula is C43H80O5. The first-order valence-electron chi connectivity index (χ1n) is 20.5. The molecule has 282 valence electrons. The third-order valence-electron chi connectivity index (χ3n) is 10.0. The van der Waals surface area contributed by atoms with Crippen molar-refractivity contribution < 1.29 is 24.2 Å². The molecule has 0 aliphatic carbocycles. The number of carbonyl (C=O) groups excluding carboxylic acids is 2. The molecule has 0 spiro atoms. The molecule has 0 saturated heterocycles. The topological polar surface area (TPSA) is 72.8 Å². The minimum atomic E-state index is -0.508. The summed E-state index contributed by atoms with van der Waals surface area (Å²) in [4.78, 5) is 25.3. The Morgan fingerprint density at radius 3 is 1.52 bits per heavy atom. The van der Waals surface area contributed by atoms with Crippen molar-refractivity contribution in [3.63, 3.8) is 0 Å². The van der Waals surface area contributed by atoms with Crippen LogP contribution in [0.4, 0.5) is 0 Å². The number of aliphatic hydroxyl groups excluding tert-OH is 1. The van der Waals surface area contributed by atoms with Crippen LogP contribution in [0.15, 0.2) is 0 Å². The van der Waals surface area contributed by atoms with Crippen LogP contribution in [-0.2, 0) is 19.1 Å². The van der Waals surface area contributed by atoms with Gasteiger partial charge in [0, 0.05) is 6.42 Å². The first-order chi connectivity index (χ1) is 23.0. The van der Waals surface area contributed by atoms with Crippen molar-refractivity contribution in [3.8, 4) is 11.8 Å². The number of hydrogen-bond donors (Lipinski definition) is 1. The van der Waals surface area contributed by atoms with E-state index in [4.69, 9.17) is 9.47 Å². The standard InChI is InChI=1S/C43H80O5/c1-8-11-14-15-16-17-18-27-36-47-40(45)42(4,5)34-25-19-23-32-39(44)33-24-20-26-35-43(6,7)41(46)48-37-28-31-38(29-21-12-9-2)30-22-13-10-3/h38-39,44H,8-17,19-26,28-37H2,1-7H3. The molecular weight excluding hydrogens is 596 g/mol. The summed E-state index contributed by atoms with van der Waals surface area (Å²) < 4.78 is 11.2. The highest BCUT2D eigenvalue weighted by Gasteiger charge is 2.29. The molecule has 5 heteroatoms. The van der Waals surface area contributed by atoms with Crippen molar-refractivity contribution in [1.29, 1.82) is 0 Å². The maximum absolute atomic E-state index is 12.8. The Labute approximate surface area is 298 Å². The van der Waals surface area contributed by atoms with Crippen molar-refractivity contribution in [2.75, 3.05) is 13.2 Å². The number of unbranched alkanes of at least 4 members (excludes halogenated alkanes) is 13. The fourth-order valence-electron chi connectivity index (χ4n) is 6.38. The monoisotopic (exact) mass is 677 g/mol. The molecule has 0 aliphatic heterocycles. The van der Waals surface area contributed by atoms with Crippen LogP contribution < -0.4 is 0 Å². The zero-order valence-corrected chi connectivity index (χ0v) is 33.0. The van der Waals surface area contributed by atoms with E-state index in [1.807, 2.05) is 27.7 Å². The first kappa shape index (κ1) is 46.5. The molecule has 0 radical (unpaired) electrons. The van der Waals surface area contributed by atoms with E-state index in [1.54, 1.807) is 0 Å². The zero-order chi connectivity index (χ0) is 35.9. The second-order valence-electron chi connectivity index (χ2n) is 15.8. The molecule has 0 saturated carbocycles. The van der Waals surface area contributed by atoms with Crippen LogP contribution >= 0.6 is 0 Å². The Balaban J connectivity index is 4.02. The minimum Gasteiger partial charge on any atom is -0.465 e. The normalized spacial score (nSPS) is 12.5. The number of carbonyl (C=O) groups is 2. The molecule has 0 bridgehead atoms. The van der Waals surface area contributed by atoms with Crippen molar-refractivity contribution in [3.05, 3.63) is 0 Å². The summed E-state index contributed by atoms with van der Waals surface area (Å²) in [5.41, 5.74) is -0.965. The molecule has 1 unspecified atom stereocenters. The molecule has 0 fully saturated rings. The second-order valence-corrected chi connectivity index (χ2v) is 15.8. The van der Waals surface area contributed by atoms with Gasteiger partial charge in [0.25, 0.3) is 0 Å². The largest absolute Gasteiger partial charge is 0.465 e. The second kappa shape index (κ2) is 30.3. The first-order valence-corrected chi connectivity index (χ1v) is 20.5. The van der Waals surface area contributed by atoms with Crippen molar-refractivity contribution in [2.45, 2.75) is 222 Å².